The van der Waals surface area contributed by atoms with Crippen LogP contribution >= 0.6 is 0 Å². The van der Waals surface area contributed by atoms with Crippen LogP contribution in [-0.4, -0.2) is 67.1 Å². The van der Waals surface area contributed by atoms with Crippen molar-refractivity contribution < 1.29 is 19.4 Å². The van der Waals surface area contributed by atoms with E-state index in [9.17, 15) is 9.90 Å². The second-order valence-electron chi connectivity index (χ2n) is 7.48. The van der Waals surface area contributed by atoms with Gasteiger partial charge in [0.05, 0.1) is 44.0 Å². The smallest absolute Gasteiger partial charge is 0.223 e. The number of carbonyl (C=O) groups is 1. The number of rotatable bonds is 4. The third-order valence-electron chi connectivity index (χ3n) is 5.33. The fourth-order valence-corrected chi connectivity index (χ4v) is 3.93. The Morgan fingerprint density at radius 1 is 1.31 bits per heavy atom. The van der Waals surface area contributed by atoms with Gasteiger partial charge < -0.3 is 19.9 Å². The van der Waals surface area contributed by atoms with E-state index in [1.54, 1.807) is 0 Å². The summed E-state index contributed by atoms with van der Waals surface area (Å²) in [5.41, 5.74) is 1.10. The first-order valence-corrected chi connectivity index (χ1v) is 9.48. The third kappa shape index (κ3) is 5.04. The van der Waals surface area contributed by atoms with Crippen molar-refractivity contribution in [1.29, 1.82) is 0 Å². The Morgan fingerprint density at radius 3 is 2.85 bits per heavy atom. The van der Waals surface area contributed by atoms with Crippen LogP contribution in [0.3, 0.4) is 0 Å². The Labute approximate surface area is 155 Å². The van der Waals surface area contributed by atoms with Gasteiger partial charge in [-0.25, -0.2) is 0 Å². The number of hydrogen-bond donors (Lipinski definition) is 2. The zero-order chi connectivity index (χ0) is 18.5. The van der Waals surface area contributed by atoms with Crippen molar-refractivity contribution >= 4 is 5.91 Å². The van der Waals surface area contributed by atoms with Crippen LogP contribution in [0.25, 0.3) is 0 Å². The van der Waals surface area contributed by atoms with E-state index in [1.165, 1.54) is 0 Å². The predicted octanol–water partition coefficient (Wildman–Crippen LogP) is 1.49. The van der Waals surface area contributed by atoms with Crippen LogP contribution in [0.4, 0.5) is 0 Å². The Morgan fingerprint density at radius 2 is 2.08 bits per heavy atom. The molecule has 2 fully saturated rings. The lowest BCUT2D eigenvalue weighted by molar-refractivity contribution is -0.153. The van der Waals surface area contributed by atoms with Gasteiger partial charge in [-0.15, -0.1) is 0 Å². The third-order valence-corrected chi connectivity index (χ3v) is 5.33. The molecule has 2 heterocycles. The van der Waals surface area contributed by atoms with Gasteiger partial charge in [0.1, 0.15) is 0 Å². The van der Waals surface area contributed by atoms with Crippen LogP contribution in [-0.2, 0) is 14.3 Å². The van der Waals surface area contributed by atoms with Crippen molar-refractivity contribution in [1.82, 2.24) is 10.2 Å². The van der Waals surface area contributed by atoms with Crippen molar-refractivity contribution in [3.8, 4) is 0 Å². The number of aliphatic hydroxyl groups is 1. The van der Waals surface area contributed by atoms with Crippen LogP contribution in [0, 0.1) is 0 Å². The van der Waals surface area contributed by atoms with Gasteiger partial charge in [-0.2, -0.15) is 0 Å². The van der Waals surface area contributed by atoms with Crippen molar-refractivity contribution in [2.24, 2.45) is 0 Å². The van der Waals surface area contributed by atoms with Crippen LogP contribution in [0.15, 0.2) is 30.3 Å². The molecule has 2 aliphatic rings. The fourth-order valence-electron chi connectivity index (χ4n) is 3.93. The highest BCUT2D eigenvalue weighted by molar-refractivity contribution is 5.76. The van der Waals surface area contributed by atoms with Crippen LogP contribution in [0.2, 0.25) is 0 Å². The molecule has 0 radical (unpaired) electrons. The van der Waals surface area contributed by atoms with E-state index in [4.69, 9.17) is 9.47 Å². The molecule has 6 nitrogen and oxygen atoms in total. The highest BCUT2D eigenvalue weighted by Gasteiger charge is 2.36. The number of amides is 1. The predicted molar refractivity (Wildman–Crippen MR) is 98.8 cm³/mol. The summed E-state index contributed by atoms with van der Waals surface area (Å²) in [6, 6.07) is 10.2. The molecule has 26 heavy (non-hydrogen) atoms. The minimum atomic E-state index is -0.455. The molecular weight excluding hydrogens is 332 g/mol. The number of nitrogens with one attached hydrogen (secondary N) is 1. The number of likely N-dealkylation sites (N-methyl/N-ethyl adjacent to an activating group) is 1. The van der Waals surface area contributed by atoms with E-state index in [-0.39, 0.29) is 30.2 Å². The van der Waals surface area contributed by atoms with E-state index in [0.717, 1.165) is 18.4 Å². The van der Waals surface area contributed by atoms with Crippen LogP contribution in [0.5, 0.6) is 0 Å². The minimum Gasteiger partial charge on any atom is -0.389 e. The maximum absolute atomic E-state index is 12.4. The fraction of sp³-hybridized carbons (Fsp3) is 0.650. The number of hydrogen-bond acceptors (Lipinski definition) is 5. The average Bonchev–Trinajstić information content (AvgIpc) is 2.61. The Bertz CT molecular complexity index is 582. The number of carbonyl (C=O) groups excluding carboxylic acids is 1. The molecule has 2 aliphatic heterocycles. The molecule has 1 amide bonds. The molecular formula is C20H30N2O4. The molecule has 0 unspecified atom stereocenters. The van der Waals surface area contributed by atoms with Gasteiger partial charge in [-0.3, -0.25) is 9.69 Å². The number of ether oxygens (including phenoxy) is 2. The molecule has 2 N–H and O–H groups in total. The SMILES string of the molecule is C[C@H](NC(=O)C[C@@H]1CC[C@@H]2[C@H](COC[C@H](O)CN2C)O1)c1ccccc1. The lowest BCUT2D eigenvalue weighted by atomic mass is 9.95. The van der Waals surface area contributed by atoms with E-state index >= 15 is 0 Å². The van der Waals surface area contributed by atoms with E-state index in [1.807, 2.05) is 44.3 Å². The highest BCUT2D eigenvalue weighted by Crippen LogP contribution is 2.27. The van der Waals surface area contributed by atoms with Crippen LogP contribution < -0.4 is 5.32 Å². The normalized spacial score (nSPS) is 31.3. The Kier molecular flexibility index (Phi) is 6.64. The molecule has 0 bridgehead atoms. The van der Waals surface area contributed by atoms with E-state index < -0.39 is 6.10 Å². The summed E-state index contributed by atoms with van der Waals surface area (Å²) in [6.07, 6.45) is 1.57. The molecule has 1 aromatic rings. The number of benzene rings is 1. The van der Waals surface area contributed by atoms with Gasteiger partial charge in [0.2, 0.25) is 5.91 Å². The first-order chi connectivity index (χ1) is 12.5. The minimum absolute atomic E-state index is 0.0142. The maximum Gasteiger partial charge on any atom is 0.223 e. The molecule has 5 atom stereocenters. The molecule has 6 heteroatoms. The van der Waals surface area contributed by atoms with E-state index in [0.29, 0.717) is 26.2 Å². The number of nitrogens with zero attached hydrogens (tertiary/aromatic N) is 1. The van der Waals surface area contributed by atoms with Crippen LogP contribution in [0.1, 0.15) is 37.8 Å². The summed E-state index contributed by atoms with van der Waals surface area (Å²) < 4.78 is 11.8. The lowest BCUT2D eigenvalue weighted by Crippen LogP contribution is -2.54. The summed E-state index contributed by atoms with van der Waals surface area (Å²) in [5, 5.41) is 12.9. The second-order valence-corrected chi connectivity index (χ2v) is 7.48. The highest BCUT2D eigenvalue weighted by atomic mass is 16.5. The summed E-state index contributed by atoms with van der Waals surface area (Å²) in [5.74, 6) is 0.0142. The average molecular weight is 362 g/mol. The van der Waals surface area contributed by atoms with Crippen molar-refractivity contribution in [3.05, 3.63) is 35.9 Å². The maximum atomic E-state index is 12.4. The topological polar surface area (TPSA) is 71.0 Å². The number of β-amino-alcohol motifs (C(OH)–C–C–N with tert-alkyl or cyclic N) is 1. The molecule has 0 aromatic heterocycles. The summed E-state index contributed by atoms with van der Waals surface area (Å²) in [4.78, 5) is 14.6. The summed E-state index contributed by atoms with van der Waals surface area (Å²) >= 11 is 0. The van der Waals surface area contributed by atoms with Gasteiger partial charge in [-0.1, -0.05) is 30.3 Å². The lowest BCUT2D eigenvalue weighted by Gasteiger charge is -2.43. The molecule has 144 valence electrons. The standard InChI is InChI=1S/C20H30N2O4/c1-14(15-6-4-3-5-7-15)21-20(24)10-17-8-9-18-19(26-17)13-25-12-16(23)11-22(18)2/h3-7,14,16-19,23H,8-13H2,1-2H3,(H,21,24)/t14-,16+,17-,18+,19-/m0/s1. The molecule has 3 rings (SSSR count). The molecule has 0 aliphatic carbocycles. The number of aliphatic hydroxyl groups excluding tert-OH is 1. The van der Waals surface area contributed by atoms with Crippen molar-refractivity contribution in [2.75, 3.05) is 26.8 Å². The molecule has 0 saturated carbocycles. The number of fused-ring (bicyclic) bond motifs is 1. The summed E-state index contributed by atoms with van der Waals surface area (Å²) in [7, 11) is 2.02. The monoisotopic (exact) mass is 362 g/mol. The van der Waals surface area contributed by atoms with Gasteiger partial charge in [0.15, 0.2) is 0 Å². The molecule has 1 aromatic carbocycles. The molecule has 2 saturated heterocycles. The zero-order valence-corrected chi connectivity index (χ0v) is 15.6. The Balaban J connectivity index is 1.51. The Hall–Kier alpha value is -1.47. The largest absolute Gasteiger partial charge is 0.389 e. The second kappa shape index (κ2) is 8.95. The van der Waals surface area contributed by atoms with Gasteiger partial charge in [-0.05, 0) is 32.4 Å². The first-order valence-electron chi connectivity index (χ1n) is 9.48. The summed E-state index contributed by atoms with van der Waals surface area (Å²) in [6.45, 7) is 3.37. The first kappa shape index (κ1) is 19.3. The quantitative estimate of drug-likeness (QED) is 0.849. The van der Waals surface area contributed by atoms with Gasteiger partial charge in [0.25, 0.3) is 0 Å². The zero-order valence-electron chi connectivity index (χ0n) is 15.6. The van der Waals surface area contributed by atoms with Gasteiger partial charge in [0, 0.05) is 12.6 Å². The van der Waals surface area contributed by atoms with Crippen molar-refractivity contribution in [3.63, 3.8) is 0 Å². The van der Waals surface area contributed by atoms with E-state index in [2.05, 4.69) is 10.2 Å². The van der Waals surface area contributed by atoms with Gasteiger partial charge >= 0.3 is 0 Å². The molecule has 0 spiro atoms. The van der Waals surface area contributed by atoms with Crippen molar-refractivity contribution in [2.45, 2.75) is 56.6 Å².